The Bertz CT molecular complexity index is 532. The van der Waals surface area contributed by atoms with Crippen LogP contribution >= 0.6 is 0 Å². The molecule has 0 unspecified atom stereocenters. The summed E-state index contributed by atoms with van der Waals surface area (Å²) >= 11 is 0. The van der Waals surface area contributed by atoms with Gasteiger partial charge in [0.25, 0.3) is 0 Å². The van der Waals surface area contributed by atoms with Gasteiger partial charge in [-0.15, -0.1) is 0 Å². The molecule has 23 heavy (non-hydrogen) atoms. The third-order valence-corrected chi connectivity index (χ3v) is 6.45. The molecule has 3 atom stereocenters. The fraction of sp³-hybridized carbons (Fsp3) is 0.933. The number of rotatable bonds is 4. The van der Waals surface area contributed by atoms with Crippen molar-refractivity contribution in [1.29, 1.82) is 0 Å². The van der Waals surface area contributed by atoms with E-state index in [0.717, 1.165) is 32.5 Å². The molecular weight excluding hydrogens is 320 g/mol. The van der Waals surface area contributed by atoms with Gasteiger partial charge in [-0.1, -0.05) is 0 Å². The number of ether oxygens (including phenoxy) is 2. The van der Waals surface area contributed by atoms with Crippen LogP contribution in [0.15, 0.2) is 0 Å². The molecule has 1 amide bonds. The first-order valence-electron chi connectivity index (χ1n) is 8.39. The number of amides is 1. The summed E-state index contributed by atoms with van der Waals surface area (Å²) in [6, 6.07) is 0. The number of hydrogen-bond donors (Lipinski definition) is 1. The van der Waals surface area contributed by atoms with Crippen LogP contribution in [0.5, 0.6) is 0 Å². The Balaban J connectivity index is 1.48. The molecule has 0 bridgehead atoms. The number of fused-ring (bicyclic) bond motifs is 1. The minimum absolute atomic E-state index is 0.0585. The van der Waals surface area contributed by atoms with Crippen molar-refractivity contribution in [3.05, 3.63) is 0 Å². The second-order valence-corrected chi connectivity index (χ2v) is 8.85. The Hall–Kier alpha value is -0.700. The molecule has 1 N–H and O–H groups in total. The first-order chi connectivity index (χ1) is 10.9. The van der Waals surface area contributed by atoms with Crippen molar-refractivity contribution in [2.45, 2.75) is 37.9 Å². The molecule has 0 aliphatic carbocycles. The zero-order valence-electron chi connectivity index (χ0n) is 13.6. The Morgan fingerprint density at radius 1 is 1.26 bits per heavy atom. The molecule has 7 nitrogen and oxygen atoms in total. The smallest absolute Gasteiger partial charge is 0.249 e. The van der Waals surface area contributed by atoms with Crippen LogP contribution in [0.25, 0.3) is 0 Å². The molecule has 132 valence electrons. The number of nitrogens with one attached hydrogen (secondary N) is 1. The van der Waals surface area contributed by atoms with Crippen molar-refractivity contribution in [3.63, 3.8) is 0 Å². The number of carbonyl (C=O) groups is 1. The zero-order chi connectivity index (χ0) is 16.4. The maximum atomic E-state index is 12.3. The van der Waals surface area contributed by atoms with E-state index in [4.69, 9.17) is 9.47 Å². The zero-order valence-corrected chi connectivity index (χ0v) is 14.4. The van der Waals surface area contributed by atoms with Crippen molar-refractivity contribution >= 4 is 15.9 Å². The molecule has 3 fully saturated rings. The number of carbonyl (C=O) groups excluding carboxylic acids is 1. The minimum atomic E-state index is -3.19. The van der Waals surface area contributed by atoms with E-state index in [1.54, 1.807) is 0 Å². The number of hydrogen-bond acceptors (Lipinski definition) is 5. The molecule has 8 heteroatoms. The summed E-state index contributed by atoms with van der Waals surface area (Å²) in [5.74, 6) is 0.709. The highest BCUT2D eigenvalue weighted by Gasteiger charge is 2.43. The molecule has 0 aromatic carbocycles. The summed E-state index contributed by atoms with van der Waals surface area (Å²) in [6.45, 7) is 3.11. The summed E-state index contributed by atoms with van der Waals surface area (Å²) in [5.41, 5.74) is 0. The van der Waals surface area contributed by atoms with Crippen LogP contribution in [-0.4, -0.2) is 69.9 Å². The predicted octanol–water partition coefficient (Wildman–Crippen LogP) is -0.0318. The summed E-state index contributed by atoms with van der Waals surface area (Å²) in [4.78, 5) is 12.3. The monoisotopic (exact) mass is 346 g/mol. The third-order valence-electron chi connectivity index (χ3n) is 5.18. The highest BCUT2D eigenvalue weighted by atomic mass is 32.2. The molecule has 0 aromatic heterocycles. The molecule has 3 heterocycles. The van der Waals surface area contributed by atoms with Crippen LogP contribution < -0.4 is 5.32 Å². The largest absolute Gasteiger partial charge is 0.381 e. The quantitative estimate of drug-likeness (QED) is 0.773. The van der Waals surface area contributed by atoms with Crippen molar-refractivity contribution < 1.29 is 22.7 Å². The van der Waals surface area contributed by atoms with Crippen LogP contribution in [0.3, 0.4) is 0 Å². The van der Waals surface area contributed by atoms with Gasteiger partial charge in [0.15, 0.2) is 0 Å². The van der Waals surface area contributed by atoms with Crippen molar-refractivity contribution in [3.8, 4) is 0 Å². The van der Waals surface area contributed by atoms with Crippen LogP contribution in [-0.2, 0) is 24.3 Å². The summed E-state index contributed by atoms with van der Waals surface area (Å²) < 4.78 is 35.9. The standard InChI is InChI=1S/C15H26N2O5S/c1-23(19,20)17-5-2-12-8-13(22-14(12)10-17)15(18)16-9-11-3-6-21-7-4-11/h11-14H,2-10H2,1H3,(H,16,18)/t12-,13+,14-/m0/s1. The lowest BCUT2D eigenvalue weighted by Crippen LogP contribution is -2.45. The van der Waals surface area contributed by atoms with Gasteiger partial charge in [0.2, 0.25) is 15.9 Å². The van der Waals surface area contributed by atoms with Crippen LogP contribution in [0, 0.1) is 11.8 Å². The van der Waals surface area contributed by atoms with E-state index in [1.165, 1.54) is 10.6 Å². The maximum absolute atomic E-state index is 12.3. The molecule has 3 saturated heterocycles. The Labute approximate surface area is 137 Å². The Morgan fingerprint density at radius 3 is 2.70 bits per heavy atom. The van der Waals surface area contributed by atoms with Crippen LogP contribution in [0.2, 0.25) is 0 Å². The fourth-order valence-electron chi connectivity index (χ4n) is 3.68. The lowest BCUT2D eigenvalue weighted by atomic mass is 9.92. The number of piperidine rings is 1. The van der Waals surface area contributed by atoms with E-state index in [1.807, 2.05) is 0 Å². The second-order valence-electron chi connectivity index (χ2n) is 6.87. The molecule has 3 aliphatic heterocycles. The normalized spacial score (nSPS) is 33.3. The summed E-state index contributed by atoms with van der Waals surface area (Å²) in [6.07, 6.45) is 4.06. The Morgan fingerprint density at radius 2 is 2.00 bits per heavy atom. The average molecular weight is 346 g/mol. The highest BCUT2D eigenvalue weighted by molar-refractivity contribution is 7.88. The number of sulfonamides is 1. The average Bonchev–Trinajstić information content (AvgIpc) is 2.96. The Kier molecular flexibility index (Phi) is 5.25. The van der Waals surface area contributed by atoms with Gasteiger partial charge in [-0.2, -0.15) is 4.31 Å². The van der Waals surface area contributed by atoms with Crippen LogP contribution in [0.1, 0.15) is 25.7 Å². The molecule has 3 rings (SSSR count). The van der Waals surface area contributed by atoms with E-state index < -0.39 is 16.1 Å². The lowest BCUT2D eigenvalue weighted by Gasteiger charge is -2.32. The predicted molar refractivity (Wildman–Crippen MR) is 84.4 cm³/mol. The van der Waals surface area contributed by atoms with Gasteiger partial charge in [-0.25, -0.2) is 8.42 Å². The van der Waals surface area contributed by atoms with Crippen molar-refractivity contribution in [2.24, 2.45) is 11.8 Å². The van der Waals surface area contributed by atoms with Gasteiger partial charge in [0, 0.05) is 32.8 Å². The molecule has 0 aromatic rings. The SMILES string of the molecule is CS(=O)(=O)N1CC[C@H]2C[C@H](C(=O)NCC3CCOCC3)O[C@H]2C1. The van der Waals surface area contributed by atoms with Crippen molar-refractivity contribution in [1.82, 2.24) is 9.62 Å². The van der Waals surface area contributed by atoms with E-state index in [9.17, 15) is 13.2 Å². The fourth-order valence-corrected chi connectivity index (χ4v) is 4.54. The molecule has 0 spiro atoms. The highest BCUT2D eigenvalue weighted by Crippen LogP contribution is 2.34. The van der Waals surface area contributed by atoms with Crippen molar-refractivity contribution in [2.75, 3.05) is 39.1 Å². The molecule has 3 aliphatic rings. The molecule has 0 radical (unpaired) electrons. The van der Waals surface area contributed by atoms with E-state index >= 15 is 0 Å². The second kappa shape index (κ2) is 7.04. The lowest BCUT2D eigenvalue weighted by molar-refractivity contribution is -0.132. The van der Waals surface area contributed by atoms with E-state index in [2.05, 4.69) is 5.32 Å². The van der Waals surface area contributed by atoms with Gasteiger partial charge >= 0.3 is 0 Å². The minimum Gasteiger partial charge on any atom is -0.381 e. The van der Waals surface area contributed by atoms with Crippen LogP contribution in [0.4, 0.5) is 0 Å². The third kappa shape index (κ3) is 4.23. The van der Waals surface area contributed by atoms with Gasteiger partial charge in [-0.05, 0) is 37.5 Å². The van der Waals surface area contributed by atoms with E-state index in [-0.39, 0.29) is 17.9 Å². The van der Waals surface area contributed by atoms with Gasteiger partial charge < -0.3 is 14.8 Å². The molecule has 0 saturated carbocycles. The van der Waals surface area contributed by atoms with Gasteiger partial charge in [0.1, 0.15) is 6.10 Å². The number of nitrogens with zero attached hydrogens (tertiary/aromatic N) is 1. The first kappa shape index (κ1) is 17.1. The summed E-state index contributed by atoms with van der Waals surface area (Å²) in [7, 11) is -3.19. The first-order valence-corrected chi connectivity index (χ1v) is 10.2. The van der Waals surface area contributed by atoms with Gasteiger partial charge in [0.05, 0.1) is 12.4 Å². The topological polar surface area (TPSA) is 84.9 Å². The van der Waals surface area contributed by atoms with E-state index in [0.29, 0.717) is 32.0 Å². The van der Waals surface area contributed by atoms with Gasteiger partial charge in [-0.3, -0.25) is 4.79 Å². The maximum Gasteiger partial charge on any atom is 0.249 e. The summed E-state index contributed by atoms with van der Waals surface area (Å²) in [5, 5.41) is 2.99. The molecular formula is C15H26N2O5S.